The average molecular weight is 269 g/mol. The third-order valence-electron chi connectivity index (χ3n) is 2.86. The van der Waals surface area contributed by atoms with Crippen LogP contribution < -0.4 is 0 Å². The molecular weight excluding hydrogens is 248 g/mol. The van der Waals surface area contributed by atoms with Gasteiger partial charge < -0.3 is 9.80 Å². The van der Waals surface area contributed by atoms with E-state index in [4.69, 9.17) is 11.6 Å². The molecule has 16 heavy (non-hydrogen) atoms. The second-order valence-electron chi connectivity index (χ2n) is 4.36. The summed E-state index contributed by atoms with van der Waals surface area (Å²) in [7, 11) is -2.84. The molecule has 96 valence electrons. The van der Waals surface area contributed by atoms with Gasteiger partial charge in [-0.2, -0.15) is 0 Å². The molecule has 1 aliphatic heterocycles. The maximum atomic E-state index is 11.1. The third-order valence-corrected chi connectivity index (χ3v) is 3.95. The fourth-order valence-corrected chi connectivity index (χ4v) is 2.71. The van der Waals surface area contributed by atoms with E-state index in [1.807, 2.05) is 0 Å². The molecule has 4 nitrogen and oxygen atoms in total. The summed E-state index contributed by atoms with van der Waals surface area (Å²) >= 11 is 5.71. The number of sulfone groups is 1. The highest BCUT2D eigenvalue weighted by Crippen LogP contribution is 2.03. The van der Waals surface area contributed by atoms with Crippen LogP contribution in [0.5, 0.6) is 0 Å². The number of alkyl halides is 1. The maximum Gasteiger partial charge on any atom is 0.148 e. The molecule has 1 rings (SSSR count). The molecular formula is C10H21ClN2O2S. The Bertz CT molecular complexity index is 295. The van der Waals surface area contributed by atoms with Crippen molar-refractivity contribution in [1.29, 1.82) is 0 Å². The molecule has 1 aliphatic rings. The molecule has 0 saturated carbocycles. The zero-order chi connectivity index (χ0) is 12.0. The summed E-state index contributed by atoms with van der Waals surface area (Å²) in [5, 5.41) is 0. The summed E-state index contributed by atoms with van der Waals surface area (Å²) < 4.78 is 22.1. The van der Waals surface area contributed by atoms with E-state index in [1.54, 1.807) is 0 Å². The third kappa shape index (κ3) is 6.03. The first-order valence-corrected chi connectivity index (χ1v) is 8.29. The van der Waals surface area contributed by atoms with Crippen molar-refractivity contribution in [3.63, 3.8) is 0 Å². The lowest BCUT2D eigenvalue weighted by molar-refractivity contribution is 0.273. The molecule has 1 saturated heterocycles. The molecule has 1 heterocycles. The molecule has 0 aromatic carbocycles. The van der Waals surface area contributed by atoms with Gasteiger partial charge in [-0.25, -0.2) is 8.42 Å². The SMILES string of the molecule is CS(=O)(=O)CCN1CCCN(CCCl)CC1. The minimum Gasteiger partial charge on any atom is -0.301 e. The van der Waals surface area contributed by atoms with Crippen LogP contribution in [0.2, 0.25) is 0 Å². The van der Waals surface area contributed by atoms with Crippen LogP contribution in [0.3, 0.4) is 0 Å². The van der Waals surface area contributed by atoms with Crippen molar-refractivity contribution in [2.45, 2.75) is 6.42 Å². The van der Waals surface area contributed by atoms with Crippen LogP contribution in [-0.2, 0) is 9.84 Å². The molecule has 0 spiro atoms. The molecule has 0 atom stereocenters. The van der Waals surface area contributed by atoms with Gasteiger partial charge in [0.05, 0.1) is 5.75 Å². The van der Waals surface area contributed by atoms with Crippen molar-refractivity contribution in [2.24, 2.45) is 0 Å². The largest absolute Gasteiger partial charge is 0.301 e. The maximum absolute atomic E-state index is 11.1. The van der Waals surface area contributed by atoms with Gasteiger partial charge >= 0.3 is 0 Å². The normalized spacial score (nSPS) is 20.9. The van der Waals surface area contributed by atoms with Crippen molar-refractivity contribution in [1.82, 2.24) is 9.80 Å². The number of halogens is 1. The highest BCUT2D eigenvalue weighted by molar-refractivity contribution is 7.90. The van der Waals surface area contributed by atoms with Gasteiger partial charge in [-0.1, -0.05) is 0 Å². The highest BCUT2D eigenvalue weighted by Gasteiger charge is 2.15. The van der Waals surface area contributed by atoms with Gasteiger partial charge in [-0.15, -0.1) is 11.6 Å². The number of hydrogen-bond donors (Lipinski definition) is 0. The van der Waals surface area contributed by atoms with E-state index in [1.165, 1.54) is 6.26 Å². The lowest BCUT2D eigenvalue weighted by atomic mass is 10.4. The fraction of sp³-hybridized carbons (Fsp3) is 1.00. The van der Waals surface area contributed by atoms with Gasteiger partial charge in [-0.3, -0.25) is 0 Å². The molecule has 0 radical (unpaired) electrons. The number of hydrogen-bond acceptors (Lipinski definition) is 4. The topological polar surface area (TPSA) is 40.6 Å². The molecule has 0 unspecified atom stereocenters. The van der Waals surface area contributed by atoms with E-state index in [0.717, 1.165) is 39.1 Å². The minimum atomic E-state index is -2.84. The lowest BCUT2D eigenvalue weighted by Crippen LogP contribution is -2.34. The molecule has 6 heteroatoms. The Morgan fingerprint density at radius 1 is 1.06 bits per heavy atom. The second-order valence-corrected chi connectivity index (χ2v) is 6.99. The van der Waals surface area contributed by atoms with E-state index in [2.05, 4.69) is 9.80 Å². The van der Waals surface area contributed by atoms with Crippen LogP contribution in [0, 0.1) is 0 Å². The Hall–Kier alpha value is 0.160. The summed E-state index contributed by atoms with van der Waals surface area (Å²) in [5.74, 6) is 0.936. The van der Waals surface area contributed by atoms with Crippen LogP contribution in [0.15, 0.2) is 0 Å². The molecule has 1 fully saturated rings. The Balaban J connectivity index is 2.30. The monoisotopic (exact) mass is 268 g/mol. The van der Waals surface area contributed by atoms with Crippen LogP contribution in [0.25, 0.3) is 0 Å². The second kappa shape index (κ2) is 6.79. The smallest absolute Gasteiger partial charge is 0.148 e. The number of rotatable bonds is 5. The molecule has 0 aromatic rings. The van der Waals surface area contributed by atoms with Crippen molar-refractivity contribution in [3.8, 4) is 0 Å². The summed E-state index contributed by atoms with van der Waals surface area (Å²) in [5.41, 5.74) is 0. The van der Waals surface area contributed by atoms with Crippen LogP contribution in [-0.4, -0.2) is 75.4 Å². The van der Waals surface area contributed by atoms with Crippen LogP contribution in [0.1, 0.15) is 6.42 Å². The first-order valence-electron chi connectivity index (χ1n) is 5.69. The van der Waals surface area contributed by atoms with Gasteiger partial charge in [-0.05, 0) is 19.5 Å². The van der Waals surface area contributed by atoms with Crippen molar-refractivity contribution >= 4 is 21.4 Å². The van der Waals surface area contributed by atoms with Crippen molar-refractivity contribution < 1.29 is 8.42 Å². The van der Waals surface area contributed by atoms with Crippen molar-refractivity contribution in [3.05, 3.63) is 0 Å². The first-order chi connectivity index (χ1) is 7.51. The summed E-state index contributed by atoms with van der Waals surface area (Å²) in [6.07, 6.45) is 2.39. The molecule has 0 N–H and O–H groups in total. The zero-order valence-electron chi connectivity index (χ0n) is 9.86. The number of nitrogens with zero attached hydrogens (tertiary/aromatic N) is 2. The molecule has 0 bridgehead atoms. The molecule has 0 aliphatic carbocycles. The predicted octanol–water partition coefficient (Wildman–Crippen LogP) is 0.278. The minimum absolute atomic E-state index is 0.266. The van der Waals surface area contributed by atoms with E-state index in [0.29, 0.717) is 12.4 Å². The van der Waals surface area contributed by atoms with E-state index >= 15 is 0 Å². The summed E-state index contributed by atoms with van der Waals surface area (Å²) in [4.78, 5) is 4.57. The van der Waals surface area contributed by atoms with Crippen LogP contribution in [0.4, 0.5) is 0 Å². The van der Waals surface area contributed by atoms with Crippen molar-refractivity contribution in [2.75, 3.05) is 57.2 Å². The lowest BCUT2D eigenvalue weighted by Gasteiger charge is -2.20. The van der Waals surface area contributed by atoms with Gasteiger partial charge in [0.25, 0.3) is 0 Å². The quantitative estimate of drug-likeness (QED) is 0.672. The standard InChI is InChI=1S/C10H21ClN2O2S/c1-16(14,15)10-9-13-5-2-4-12(6-3-11)7-8-13/h2-10H2,1H3. The fourth-order valence-electron chi connectivity index (χ4n) is 1.89. The predicted molar refractivity (Wildman–Crippen MR) is 67.9 cm³/mol. The Morgan fingerprint density at radius 3 is 2.12 bits per heavy atom. The summed E-state index contributed by atoms with van der Waals surface area (Å²) in [6, 6.07) is 0. The first kappa shape index (κ1) is 14.2. The van der Waals surface area contributed by atoms with Gasteiger partial charge in [0.1, 0.15) is 9.84 Å². The highest BCUT2D eigenvalue weighted by atomic mass is 35.5. The van der Waals surface area contributed by atoms with E-state index in [9.17, 15) is 8.42 Å². The van der Waals surface area contributed by atoms with Gasteiger partial charge in [0.2, 0.25) is 0 Å². The Kier molecular flexibility index (Phi) is 6.03. The Labute approximate surface area is 103 Å². The Morgan fingerprint density at radius 2 is 1.62 bits per heavy atom. The van der Waals surface area contributed by atoms with Gasteiger partial charge in [0.15, 0.2) is 0 Å². The van der Waals surface area contributed by atoms with Crippen LogP contribution >= 0.6 is 11.6 Å². The van der Waals surface area contributed by atoms with E-state index < -0.39 is 9.84 Å². The molecule has 0 aromatic heterocycles. The molecule has 0 amide bonds. The average Bonchev–Trinajstić information content (AvgIpc) is 2.40. The summed E-state index contributed by atoms with van der Waals surface area (Å²) in [6.45, 7) is 5.61. The van der Waals surface area contributed by atoms with E-state index in [-0.39, 0.29) is 5.75 Å². The zero-order valence-corrected chi connectivity index (χ0v) is 11.4. The van der Waals surface area contributed by atoms with Gasteiger partial charge in [0, 0.05) is 38.3 Å².